The van der Waals surface area contributed by atoms with Gasteiger partial charge in [-0.25, -0.2) is 0 Å². The third kappa shape index (κ3) is 5.82. The van der Waals surface area contributed by atoms with Crippen molar-refractivity contribution in [3.63, 3.8) is 0 Å². The summed E-state index contributed by atoms with van der Waals surface area (Å²) in [6.07, 6.45) is -4.33. The lowest BCUT2D eigenvalue weighted by atomic mass is 10.2. The van der Waals surface area contributed by atoms with Crippen LogP contribution in [0, 0.1) is 3.57 Å². The first-order chi connectivity index (χ1) is 8.79. The lowest BCUT2D eigenvalue weighted by Gasteiger charge is -2.04. The van der Waals surface area contributed by atoms with Gasteiger partial charge in [-0.1, -0.05) is 0 Å². The molecule has 0 heterocycles. The van der Waals surface area contributed by atoms with Gasteiger partial charge in [-0.3, -0.25) is 0 Å². The number of alkyl halides is 3. The van der Waals surface area contributed by atoms with Crippen molar-refractivity contribution in [1.29, 1.82) is 0 Å². The summed E-state index contributed by atoms with van der Waals surface area (Å²) in [5.41, 5.74) is -0.754. The number of aromatic hydroxyl groups is 2. The maximum Gasteiger partial charge on any atom is 0.416 e. The Hall–Kier alpha value is -1.44. The molecule has 0 bridgehead atoms. The van der Waals surface area contributed by atoms with Crippen molar-refractivity contribution in [1.82, 2.24) is 0 Å². The molecular formula is C13H10F3IO2. The van der Waals surface area contributed by atoms with E-state index in [0.717, 1.165) is 27.8 Å². The highest BCUT2D eigenvalue weighted by Crippen LogP contribution is 2.29. The molecule has 2 nitrogen and oxygen atoms in total. The van der Waals surface area contributed by atoms with Crippen molar-refractivity contribution >= 4 is 22.6 Å². The molecule has 0 fully saturated rings. The monoisotopic (exact) mass is 382 g/mol. The molecular weight excluding hydrogens is 372 g/mol. The molecule has 2 aromatic rings. The van der Waals surface area contributed by atoms with E-state index < -0.39 is 11.7 Å². The third-order valence-corrected chi connectivity index (χ3v) is 2.74. The van der Waals surface area contributed by atoms with Crippen molar-refractivity contribution in [2.75, 3.05) is 0 Å². The summed E-state index contributed by atoms with van der Waals surface area (Å²) in [5.74, 6) is 0.156. The smallest absolute Gasteiger partial charge is 0.416 e. The minimum Gasteiger partial charge on any atom is -0.508 e. The lowest BCUT2D eigenvalue weighted by Crippen LogP contribution is -2.03. The van der Waals surface area contributed by atoms with Crippen LogP contribution in [0.15, 0.2) is 48.5 Å². The van der Waals surface area contributed by atoms with Gasteiger partial charge in [0.15, 0.2) is 0 Å². The predicted molar refractivity (Wildman–Crippen MR) is 73.9 cm³/mol. The molecule has 0 spiro atoms. The molecule has 0 atom stereocenters. The van der Waals surface area contributed by atoms with Crippen molar-refractivity contribution in [2.45, 2.75) is 6.18 Å². The molecule has 2 N–H and O–H groups in total. The number of benzene rings is 2. The molecule has 0 aliphatic rings. The number of hydrogen-bond acceptors (Lipinski definition) is 2. The van der Waals surface area contributed by atoms with Crippen LogP contribution in [0.2, 0.25) is 0 Å². The number of phenols is 2. The van der Waals surface area contributed by atoms with Gasteiger partial charge >= 0.3 is 6.18 Å². The second-order valence-electron chi connectivity index (χ2n) is 3.52. The van der Waals surface area contributed by atoms with Gasteiger partial charge in [-0.15, -0.1) is 0 Å². The molecule has 0 radical (unpaired) electrons. The molecule has 0 aliphatic heterocycles. The number of phenolic OH excluding ortho intramolecular Hbond substituents is 2. The van der Waals surface area contributed by atoms with E-state index in [2.05, 4.69) is 22.6 Å². The molecule has 0 aromatic heterocycles. The first kappa shape index (κ1) is 15.6. The lowest BCUT2D eigenvalue weighted by molar-refractivity contribution is -0.137. The Morgan fingerprint density at radius 2 is 1.11 bits per heavy atom. The van der Waals surface area contributed by atoms with E-state index in [9.17, 15) is 13.2 Å². The molecule has 0 unspecified atom stereocenters. The standard InChI is InChI=1S/C7H5F3O.C6H5IO/c8-7(9,10)5-1-3-6(11)4-2-5;7-5-1-3-6(8)4-2-5/h1-4,11H;1-4,8H. The van der Waals surface area contributed by atoms with Crippen LogP contribution in [0.4, 0.5) is 13.2 Å². The molecule has 0 aliphatic carbocycles. The first-order valence-electron chi connectivity index (χ1n) is 5.10. The molecule has 0 saturated heterocycles. The number of halogens is 4. The summed E-state index contributed by atoms with van der Waals surface area (Å²) in [6.45, 7) is 0. The Labute approximate surface area is 121 Å². The summed E-state index contributed by atoms with van der Waals surface area (Å²) >= 11 is 2.19. The topological polar surface area (TPSA) is 40.5 Å². The molecule has 2 rings (SSSR count). The molecule has 6 heteroatoms. The van der Waals surface area contributed by atoms with Gasteiger partial charge in [0.1, 0.15) is 11.5 Å². The van der Waals surface area contributed by atoms with Gasteiger partial charge in [-0.2, -0.15) is 13.2 Å². The van der Waals surface area contributed by atoms with E-state index in [-0.39, 0.29) is 5.75 Å². The van der Waals surface area contributed by atoms with E-state index in [0.29, 0.717) is 5.75 Å². The van der Waals surface area contributed by atoms with Crippen molar-refractivity contribution < 1.29 is 23.4 Å². The second-order valence-corrected chi connectivity index (χ2v) is 4.77. The zero-order chi connectivity index (χ0) is 14.5. The van der Waals surface area contributed by atoms with Crippen LogP contribution in [0.3, 0.4) is 0 Å². The Balaban J connectivity index is 0.000000200. The van der Waals surface area contributed by atoms with Crippen LogP contribution < -0.4 is 0 Å². The van der Waals surface area contributed by atoms with Gasteiger partial charge in [0.05, 0.1) is 5.56 Å². The van der Waals surface area contributed by atoms with Crippen LogP contribution in [-0.2, 0) is 6.18 Å². The molecule has 102 valence electrons. The fourth-order valence-electron chi connectivity index (χ4n) is 1.09. The van der Waals surface area contributed by atoms with Crippen molar-refractivity contribution in [3.8, 4) is 11.5 Å². The fraction of sp³-hybridized carbons (Fsp3) is 0.0769. The van der Waals surface area contributed by atoms with E-state index in [1.165, 1.54) is 0 Å². The fourth-order valence-corrected chi connectivity index (χ4v) is 1.45. The maximum absolute atomic E-state index is 11.8. The zero-order valence-electron chi connectivity index (χ0n) is 9.53. The highest BCUT2D eigenvalue weighted by molar-refractivity contribution is 14.1. The van der Waals surface area contributed by atoms with E-state index >= 15 is 0 Å². The maximum atomic E-state index is 11.8. The Morgan fingerprint density at radius 1 is 0.737 bits per heavy atom. The minimum atomic E-state index is -4.33. The highest BCUT2D eigenvalue weighted by atomic mass is 127. The minimum absolute atomic E-state index is 0.169. The highest BCUT2D eigenvalue weighted by Gasteiger charge is 2.29. The van der Waals surface area contributed by atoms with Gasteiger partial charge < -0.3 is 10.2 Å². The molecule has 0 amide bonds. The summed E-state index contributed by atoms with van der Waals surface area (Å²) in [7, 11) is 0. The van der Waals surface area contributed by atoms with E-state index in [4.69, 9.17) is 10.2 Å². The summed E-state index contributed by atoms with van der Waals surface area (Å²) in [5, 5.41) is 17.4. The molecule has 2 aromatic carbocycles. The van der Waals surface area contributed by atoms with Crippen LogP contribution in [0.25, 0.3) is 0 Å². The largest absolute Gasteiger partial charge is 0.508 e. The Morgan fingerprint density at radius 3 is 1.42 bits per heavy atom. The van der Waals surface area contributed by atoms with Crippen LogP contribution in [0.1, 0.15) is 5.56 Å². The molecule has 19 heavy (non-hydrogen) atoms. The average Bonchev–Trinajstić information content (AvgIpc) is 2.33. The predicted octanol–water partition coefficient (Wildman–Crippen LogP) is 4.41. The second kappa shape index (κ2) is 6.65. The molecule has 0 saturated carbocycles. The average molecular weight is 382 g/mol. The van der Waals surface area contributed by atoms with Crippen LogP contribution in [-0.4, -0.2) is 10.2 Å². The first-order valence-corrected chi connectivity index (χ1v) is 6.17. The Kier molecular flexibility index (Phi) is 5.46. The SMILES string of the molecule is Oc1ccc(C(F)(F)F)cc1.Oc1ccc(I)cc1. The van der Waals surface area contributed by atoms with Gasteiger partial charge in [0, 0.05) is 3.57 Å². The number of rotatable bonds is 0. The van der Waals surface area contributed by atoms with Gasteiger partial charge in [0.25, 0.3) is 0 Å². The summed E-state index contributed by atoms with van der Waals surface area (Å²) in [6, 6.07) is 10.7. The zero-order valence-corrected chi connectivity index (χ0v) is 11.7. The van der Waals surface area contributed by atoms with Crippen molar-refractivity contribution in [2.24, 2.45) is 0 Å². The summed E-state index contributed by atoms with van der Waals surface area (Å²) < 4.78 is 36.7. The quantitative estimate of drug-likeness (QED) is 0.663. The number of hydrogen-bond donors (Lipinski definition) is 2. The van der Waals surface area contributed by atoms with E-state index in [1.807, 2.05) is 12.1 Å². The third-order valence-electron chi connectivity index (χ3n) is 2.02. The summed E-state index contributed by atoms with van der Waals surface area (Å²) in [4.78, 5) is 0. The van der Waals surface area contributed by atoms with Gasteiger partial charge in [0.2, 0.25) is 0 Å². The van der Waals surface area contributed by atoms with Crippen LogP contribution >= 0.6 is 22.6 Å². The van der Waals surface area contributed by atoms with Crippen LogP contribution in [0.5, 0.6) is 11.5 Å². The Bertz CT molecular complexity index is 486. The van der Waals surface area contributed by atoms with Gasteiger partial charge in [-0.05, 0) is 71.1 Å². The van der Waals surface area contributed by atoms with E-state index in [1.54, 1.807) is 12.1 Å². The normalized spacial score (nSPS) is 10.5. The van der Waals surface area contributed by atoms with Crippen molar-refractivity contribution in [3.05, 3.63) is 57.7 Å².